The van der Waals surface area contributed by atoms with Crippen LogP contribution in [-0.2, 0) is 35.1 Å². The molecule has 2 aliphatic rings. The summed E-state index contributed by atoms with van der Waals surface area (Å²) in [6.45, 7) is 8.48. The number of thioether (sulfide) groups is 1. The van der Waals surface area contributed by atoms with Crippen molar-refractivity contribution < 1.29 is 33.8 Å². The highest BCUT2D eigenvalue weighted by atomic mass is 32.2. The number of ether oxygens (including phenoxy) is 2. The molecule has 0 radical (unpaired) electrons. The molecule has 17 nitrogen and oxygen atoms in total. The van der Waals surface area contributed by atoms with Crippen LogP contribution in [0.1, 0.15) is 64.3 Å². The number of aryl methyl sites for hydroxylation is 1. The van der Waals surface area contributed by atoms with E-state index in [2.05, 4.69) is 31.0 Å². The number of aliphatic hydroxyl groups excluding tert-OH is 1. The van der Waals surface area contributed by atoms with Gasteiger partial charge in [-0.3, -0.25) is 38.8 Å². The summed E-state index contributed by atoms with van der Waals surface area (Å²) in [6.07, 6.45) is -1.99. The van der Waals surface area contributed by atoms with Crippen LogP contribution in [0, 0.1) is 12.8 Å². The van der Waals surface area contributed by atoms with E-state index >= 15 is 0 Å². The highest BCUT2D eigenvalue weighted by Crippen LogP contribution is 2.30. The number of aromatic amines is 1. The topological polar surface area (TPSA) is 247 Å². The number of azide groups is 1. The molecular weight excluding hydrogens is 696 g/mol. The highest BCUT2D eigenvalue weighted by Gasteiger charge is 2.40. The first-order valence-corrected chi connectivity index (χ1v) is 18.0. The lowest BCUT2D eigenvalue weighted by atomic mass is 9.97. The number of benzene rings is 1. The lowest BCUT2D eigenvalue weighted by Crippen LogP contribution is -2.55. The van der Waals surface area contributed by atoms with E-state index in [-0.39, 0.29) is 43.8 Å². The van der Waals surface area contributed by atoms with Crippen molar-refractivity contribution in [2.45, 2.75) is 108 Å². The van der Waals surface area contributed by atoms with Crippen LogP contribution in [0.4, 0.5) is 0 Å². The lowest BCUT2D eigenvalue weighted by Gasteiger charge is -2.26. The van der Waals surface area contributed by atoms with Crippen LogP contribution >= 0.6 is 11.8 Å². The van der Waals surface area contributed by atoms with Crippen molar-refractivity contribution in [3.8, 4) is 0 Å². The molecule has 5 N–H and O–H groups in total. The van der Waals surface area contributed by atoms with Gasteiger partial charge >= 0.3 is 11.7 Å². The predicted molar refractivity (Wildman–Crippen MR) is 191 cm³/mol. The van der Waals surface area contributed by atoms with Crippen LogP contribution in [0.5, 0.6) is 0 Å². The van der Waals surface area contributed by atoms with Gasteiger partial charge in [-0.25, -0.2) is 4.79 Å². The number of Topliss-reactive ketones (excluding diaryl/α,β-unsaturated/α-hetero) is 1. The molecule has 2 aliphatic heterocycles. The van der Waals surface area contributed by atoms with Gasteiger partial charge in [0.1, 0.15) is 30.4 Å². The number of nitrogens with one attached hydrogen (secondary N) is 4. The first-order valence-electron chi connectivity index (χ1n) is 17.0. The Bertz CT molecular complexity index is 1770. The molecule has 52 heavy (non-hydrogen) atoms. The molecule has 2 saturated heterocycles. The molecule has 0 saturated carbocycles. The summed E-state index contributed by atoms with van der Waals surface area (Å²) in [5, 5.41) is 22.8. The van der Waals surface area contributed by atoms with Crippen molar-refractivity contribution in [3.05, 3.63) is 78.9 Å². The minimum atomic E-state index is -1.59. The van der Waals surface area contributed by atoms with Crippen LogP contribution < -0.4 is 27.2 Å². The Labute approximate surface area is 304 Å². The quantitative estimate of drug-likeness (QED) is 0.0755. The van der Waals surface area contributed by atoms with Crippen LogP contribution in [0.15, 0.2) is 51.2 Å². The highest BCUT2D eigenvalue weighted by molar-refractivity contribution is 8.00. The van der Waals surface area contributed by atoms with Gasteiger partial charge < -0.3 is 25.2 Å². The third kappa shape index (κ3) is 11.3. The smallest absolute Gasteiger partial charge is 0.330 e. The van der Waals surface area contributed by atoms with E-state index in [1.165, 1.54) is 29.4 Å². The van der Waals surface area contributed by atoms with Crippen molar-refractivity contribution in [2.75, 3.05) is 12.4 Å². The predicted octanol–water partition coefficient (Wildman–Crippen LogP) is 1.37. The van der Waals surface area contributed by atoms with Gasteiger partial charge in [0.05, 0.1) is 18.1 Å². The molecular formula is C34H46N8O9S. The monoisotopic (exact) mass is 742 g/mol. The standard InChI is InChI=1S/C34H46N8O9S/c1-18(12-27(44)50-16-24-21(40-41-35)14-26(51-24)42-15-19(2)30(47)38-33(42)49)11-25(43)36-22(13-20-9-7-6-8-10-20)28(45)29(46)32-37-23(17-52-32)31(48)39-34(3,4)5/h6-10,15,18,21-24,26,28,32,37,45H,11-14,16-17H2,1-5H3,(H,36,43)(H,39,48)(H,38,47,49)/t18?,21-,22-,23-,24+,26+,28-,32?/m0/s1. The van der Waals surface area contributed by atoms with Gasteiger partial charge in [-0.1, -0.05) is 42.4 Å². The van der Waals surface area contributed by atoms with Gasteiger partial charge in [0, 0.05) is 47.2 Å². The Morgan fingerprint density at radius 2 is 1.90 bits per heavy atom. The normalized spacial score (nSPS) is 23.2. The second-order valence-electron chi connectivity index (χ2n) is 14.2. The summed E-state index contributed by atoms with van der Waals surface area (Å²) in [4.78, 5) is 81.2. The minimum absolute atomic E-state index is 0.107. The number of nitrogens with zero attached hydrogens (tertiary/aromatic N) is 4. The van der Waals surface area contributed by atoms with E-state index in [0.717, 1.165) is 5.56 Å². The fourth-order valence-corrected chi connectivity index (χ4v) is 7.10. The molecule has 0 spiro atoms. The largest absolute Gasteiger partial charge is 0.463 e. The molecule has 2 aromatic rings. The van der Waals surface area contributed by atoms with E-state index in [4.69, 9.17) is 15.0 Å². The molecule has 8 atom stereocenters. The second kappa shape index (κ2) is 17.8. The number of esters is 1. The maximum Gasteiger partial charge on any atom is 0.330 e. The molecule has 2 amide bonds. The maximum absolute atomic E-state index is 13.4. The average Bonchev–Trinajstić information content (AvgIpc) is 3.72. The van der Waals surface area contributed by atoms with E-state index in [1.807, 2.05) is 39.0 Å². The van der Waals surface area contributed by atoms with Crippen molar-refractivity contribution in [1.82, 2.24) is 25.5 Å². The molecule has 282 valence electrons. The first kappa shape index (κ1) is 40.3. The Kier molecular flexibility index (Phi) is 13.8. The van der Waals surface area contributed by atoms with Crippen molar-refractivity contribution in [2.24, 2.45) is 11.0 Å². The summed E-state index contributed by atoms with van der Waals surface area (Å²) < 4.78 is 12.5. The van der Waals surface area contributed by atoms with Crippen LogP contribution in [0.25, 0.3) is 10.4 Å². The van der Waals surface area contributed by atoms with Crippen molar-refractivity contribution in [1.29, 1.82) is 0 Å². The number of amides is 2. The number of aliphatic hydroxyl groups is 1. The second-order valence-corrected chi connectivity index (χ2v) is 15.3. The lowest BCUT2D eigenvalue weighted by molar-refractivity contribution is -0.149. The average molecular weight is 743 g/mol. The van der Waals surface area contributed by atoms with Crippen LogP contribution in [0.2, 0.25) is 0 Å². The zero-order valence-electron chi connectivity index (χ0n) is 29.7. The number of hydrogen-bond donors (Lipinski definition) is 5. The number of carbonyl (C=O) groups is 4. The fourth-order valence-electron chi connectivity index (χ4n) is 5.90. The van der Waals surface area contributed by atoms with Crippen molar-refractivity contribution in [3.63, 3.8) is 0 Å². The molecule has 1 aromatic heterocycles. The van der Waals surface area contributed by atoms with Crippen molar-refractivity contribution >= 4 is 35.3 Å². The third-order valence-corrected chi connectivity index (χ3v) is 9.72. The molecule has 0 bridgehead atoms. The summed E-state index contributed by atoms with van der Waals surface area (Å²) in [6, 6.07) is 6.69. The van der Waals surface area contributed by atoms with Gasteiger partial charge in [-0.05, 0) is 51.1 Å². The zero-order valence-corrected chi connectivity index (χ0v) is 30.6. The van der Waals surface area contributed by atoms with Gasteiger partial charge in [0.15, 0.2) is 5.78 Å². The molecule has 4 rings (SSSR count). The van der Waals surface area contributed by atoms with Gasteiger partial charge in [0.25, 0.3) is 5.56 Å². The van der Waals surface area contributed by atoms with Crippen LogP contribution in [0.3, 0.4) is 0 Å². The Morgan fingerprint density at radius 3 is 2.58 bits per heavy atom. The summed E-state index contributed by atoms with van der Waals surface area (Å²) in [5.74, 6) is -2.11. The molecule has 2 fully saturated rings. The number of H-pyrrole nitrogens is 1. The molecule has 0 aliphatic carbocycles. The van der Waals surface area contributed by atoms with E-state index in [9.17, 15) is 33.9 Å². The maximum atomic E-state index is 13.4. The Hall–Kier alpha value is -4.48. The SMILES string of the molecule is Cc1cn([C@H]2C[C@H](N=[N+]=[N-])[C@@H](COC(=O)CC(C)CC(=O)N[C@@H](Cc3ccccc3)[C@H](O)C(=O)C3N[C@H](C(=O)NC(C)(C)C)CS3)O2)c(=O)[nH]c1=O. The summed E-state index contributed by atoms with van der Waals surface area (Å²) >= 11 is 1.21. The number of hydrogen-bond acceptors (Lipinski definition) is 12. The number of carbonyl (C=O) groups excluding carboxylic acids is 4. The molecule has 2 unspecified atom stereocenters. The van der Waals surface area contributed by atoms with Gasteiger partial charge in [0.2, 0.25) is 11.8 Å². The van der Waals surface area contributed by atoms with Gasteiger partial charge in [-0.15, -0.1) is 11.8 Å². The number of ketones is 1. The summed E-state index contributed by atoms with van der Waals surface area (Å²) in [7, 11) is 0. The van der Waals surface area contributed by atoms with Gasteiger partial charge in [-0.2, -0.15) is 0 Å². The Balaban J connectivity index is 1.32. The fraction of sp³-hybridized carbons (Fsp3) is 0.588. The molecule has 18 heteroatoms. The minimum Gasteiger partial charge on any atom is -0.463 e. The first-order chi connectivity index (χ1) is 24.5. The van der Waals surface area contributed by atoms with E-state index < -0.39 is 82.3 Å². The molecule has 1 aromatic carbocycles. The van der Waals surface area contributed by atoms with Crippen LogP contribution in [-0.4, -0.2) is 91.8 Å². The van der Waals surface area contributed by atoms with E-state index in [0.29, 0.717) is 5.75 Å². The zero-order chi connectivity index (χ0) is 38.2. The Morgan fingerprint density at radius 1 is 1.19 bits per heavy atom. The third-order valence-electron chi connectivity index (χ3n) is 8.49. The molecule has 3 heterocycles. The summed E-state index contributed by atoms with van der Waals surface area (Å²) in [5.41, 5.74) is 8.41. The van der Waals surface area contributed by atoms with E-state index in [1.54, 1.807) is 19.1 Å². The number of rotatable bonds is 15. The number of aromatic nitrogens is 2.